The summed E-state index contributed by atoms with van der Waals surface area (Å²) in [6.45, 7) is 5.80. The molecule has 1 aromatic heterocycles. The summed E-state index contributed by atoms with van der Waals surface area (Å²) in [6, 6.07) is 14.3. The van der Waals surface area contributed by atoms with Crippen molar-refractivity contribution in [1.29, 1.82) is 0 Å². The lowest BCUT2D eigenvalue weighted by Crippen LogP contribution is -2.12. The fourth-order valence-corrected chi connectivity index (χ4v) is 2.96. The van der Waals surface area contributed by atoms with Crippen molar-refractivity contribution in [2.75, 3.05) is 6.61 Å². The Morgan fingerprint density at radius 3 is 2.52 bits per heavy atom. The van der Waals surface area contributed by atoms with E-state index in [9.17, 15) is 9.59 Å². The van der Waals surface area contributed by atoms with Crippen molar-refractivity contribution in [2.24, 2.45) is 0 Å². The number of aryl methyl sites for hydroxylation is 1. The number of benzene rings is 2. The summed E-state index contributed by atoms with van der Waals surface area (Å²) in [7, 11) is 0. The minimum atomic E-state index is -0.322. The van der Waals surface area contributed by atoms with Gasteiger partial charge in [0, 0.05) is 22.6 Å². The Bertz CT molecular complexity index is 968. The molecule has 128 valence electrons. The second kappa shape index (κ2) is 6.93. The van der Waals surface area contributed by atoms with Gasteiger partial charge < -0.3 is 9.15 Å². The summed E-state index contributed by atoms with van der Waals surface area (Å²) < 4.78 is 11.0. The fraction of sp³-hybridized carbons (Fsp3) is 0.238. The summed E-state index contributed by atoms with van der Waals surface area (Å²) >= 11 is 0. The summed E-state index contributed by atoms with van der Waals surface area (Å²) in [6.07, 6.45) is 0. The zero-order valence-electron chi connectivity index (χ0n) is 14.5. The van der Waals surface area contributed by atoms with Gasteiger partial charge >= 0.3 is 5.63 Å². The van der Waals surface area contributed by atoms with Gasteiger partial charge in [-0.05, 0) is 30.5 Å². The maximum absolute atomic E-state index is 12.2. The van der Waals surface area contributed by atoms with Crippen molar-refractivity contribution < 1.29 is 13.9 Å². The van der Waals surface area contributed by atoms with Gasteiger partial charge in [-0.1, -0.05) is 44.2 Å². The average molecular weight is 336 g/mol. The molecule has 0 radical (unpaired) electrons. The first kappa shape index (κ1) is 17.0. The van der Waals surface area contributed by atoms with Crippen molar-refractivity contribution in [3.05, 3.63) is 75.6 Å². The summed E-state index contributed by atoms with van der Waals surface area (Å²) in [4.78, 5) is 24.3. The molecule has 2 aromatic carbocycles. The van der Waals surface area contributed by atoms with Crippen LogP contribution in [0.2, 0.25) is 0 Å². The highest BCUT2D eigenvalue weighted by atomic mass is 16.5. The number of Topliss-reactive ketones (excluding diaryl/α,β-unsaturated/α-hetero) is 1. The maximum Gasteiger partial charge on any atom is 0.339 e. The Balaban J connectivity index is 1.86. The standard InChI is InChI=1S/C21H20O4/c1-13(2)20-14(3)17-10-9-16(11-19(17)25-21(20)23)24-12-18(22)15-7-5-4-6-8-15/h4-11,13H,12H2,1-3H3. The van der Waals surface area contributed by atoms with E-state index in [0.717, 1.165) is 10.9 Å². The lowest BCUT2D eigenvalue weighted by atomic mass is 9.97. The zero-order chi connectivity index (χ0) is 18.0. The molecule has 3 aromatic rings. The molecule has 0 aliphatic heterocycles. The normalized spacial score (nSPS) is 11.0. The number of fused-ring (bicyclic) bond motifs is 1. The Morgan fingerprint density at radius 1 is 1.12 bits per heavy atom. The van der Waals surface area contributed by atoms with E-state index in [1.165, 1.54) is 0 Å². The van der Waals surface area contributed by atoms with Gasteiger partial charge in [-0.3, -0.25) is 4.79 Å². The molecule has 0 bridgehead atoms. The van der Waals surface area contributed by atoms with Crippen molar-refractivity contribution >= 4 is 16.8 Å². The molecule has 0 saturated heterocycles. The largest absolute Gasteiger partial charge is 0.485 e. The van der Waals surface area contributed by atoms with Crippen LogP contribution in [-0.4, -0.2) is 12.4 Å². The number of ketones is 1. The predicted octanol–water partition coefficient (Wildman–Crippen LogP) is 4.49. The van der Waals surface area contributed by atoms with Crippen LogP contribution < -0.4 is 10.4 Å². The first-order valence-electron chi connectivity index (χ1n) is 8.25. The second-order valence-corrected chi connectivity index (χ2v) is 6.32. The van der Waals surface area contributed by atoms with Gasteiger partial charge in [0.2, 0.25) is 0 Å². The maximum atomic E-state index is 12.2. The number of hydrogen-bond acceptors (Lipinski definition) is 4. The zero-order valence-corrected chi connectivity index (χ0v) is 14.5. The smallest absolute Gasteiger partial charge is 0.339 e. The van der Waals surface area contributed by atoms with Gasteiger partial charge in [0.1, 0.15) is 11.3 Å². The van der Waals surface area contributed by atoms with E-state index in [1.54, 1.807) is 24.3 Å². The molecule has 0 saturated carbocycles. The van der Waals surface area contributed by atoms with E-state index >= 15 is 0 Å². The second-order valence-electron chi connectivity index (χ2n) is 6.32. The van der Waals surface area contributed by atoms with Crippen LogP contribution >= 0.6 is 0 Å². The van der Waals surface area contributed by atoms with Crippen molar-refractivity contribution in [3.63, 3.8) is 0 Å². The summed E-state index contributed by atoms with van der Waals surface area (Å²) in [5.41, 5.74) is 2.37. The molecule has 0 atom stereocenters. The first-order valence-corrected chi connectivity index (χ1v) is 8.25. The number of hydrogen-bond donors (Lipinski definition) is 0. The van der Waals surface area contributed by atoms with E-state index in [-0.39, 0.29) is 23.9 Å². The fourth-order valence-electron chi connectivity index (χ4n) is 2.96. The number of carbonyl (C=O) groups is 1. The molecule has 1 heterocycles. The van der Waals surface area contributed by atoms with Crippen LogP contribution in [0.1, 0.15) is 41.3 Å². The van der Waals surface area contributed by atoms with Crippen molar-refractivity contribution in [3.8, 4) is 5.75 Å². The van der Waals surface area contributed by atoms with Crippen LogP contribution in [0.4, 0.5) is 0 Å². The Hall–Kier alpha value is -2.88. The molecule has 4 heteroatoms. The molecule has 25 heavy (non-hydrogen) atoms. The summed E-state index contributed by atoms with van der Waals surface area (Å²) in [5, 5.41) is 0.880. The Morgan fingerprint density at radius 2 is 1.84 bits per heavy atom. The molecule has 0 aliphatic carbocycles. The number of carbonyl (C=O) groups excluding carboxylic acids is 1. The van der Waals surface area contributed by atoms with Gasteiger partial charge in [0.05, 0.1) is 0 Å². The molecule has 0 unspecified atom stereocenters. The van der Waals surface area contributed by atoms with E-state index < -0.39 is 0 Å². The molecule has 0 N–H and O–H groups in total. The van der Waals surface area contributed by atoms with Crippen LogP contribution in [0.15, 0.2) is 57.7 Å². The molecule has 4 nitrogen and oxygen atoms in total. The van der Waals surface area contributed by atoms with E-state index in [0.29, 0.717) is 22.5 Å². The third-order valence-electron chi connectivity index (χ3n) is 4.23. The average Bonchev–Trinajstić information content (AvgIpc) is 2.59. The minimum Gasteiger partial charge on any atom is -0.485 e. The van der Waals surface area contributed by atoms with Gasteiger partial charge in [-0.25, -0.2) is 4.79 Å². The predicted molar refractivity (Wildman–Crippen MR) is 97.6 cm³/mol. The molecule has 0 fully saturated rings. The van der Waals surface area contributed by atoms with Crippen molar-refractivity contribution in [1.82, 2.24) is 0 Å². The van der Waals surface area contributed by atoms with E-state index in [2.05, 4.69) is 0 Å². The first-order chi connectivity index (χ1) is 12.0. The SMILES string of the molecule is Cc1c(C(C)C)c(=O)oc2cc(OCC(=O)c3ccccc3)ccc12. The Labute approximate surface area is 146 Å². The van der Waals surface area contributed by atoms with Gasteiger partial charge in [-0.15, -0.1) is 0 Å². The van der Waals surface area contributed by atoms with Crippen LogP contribution in [0, 0.1) is 6.92 Å². The lowest BCUT2D eigenvalue weighted by Gasteiger charge is -2.11. The molecule has 3 rings (SSSR count). The Kier molecular flexibility index (Phi) is 4.70. The van der Waals surface area contributed by atoms with Gasteiger partial charge in [0.25, 0.3) is 0 Å². The molecule has 0 spiro atoms. The van der Waals surface area contributed by atoms with E-state index in [1.807, 2.05) is 45.0 Å². The van der Waals surface area contributed by atoms with Gasteiger partial charge in [-0.2, -0.15) is 0 Å². The highest BCUT2D eigenvalue weighted by Gasteiger charge is 2.15. The minimum absolute atomic E-state index is 0.0667. The molecular weight excluding hydrogens is 316 g/mol. The highest BCUT2D eigenvalue weighted by molar-refractivity contribution is 5.97. The third kappa shape index (κ3) is 3.48. The topological polar surface area (TPSA) is 56.5 Å². The third-order valence-corrected chi connectivity index (χ3v) is 4.23. The molecule has 0 amide bonds. The van der Waals surface area contributed by atoms with Crippen LogP contribution in [0.25, 0.3) is 11.0 Å². The van der Waals surface area contributed by atoms with Crippen LogP contribution in [0.5, 0.6) is 5.75 Å². The lowest BCUT2D eigenvalue weighted by molar-refractivity contribution is 0.0921. The van der Waals surface area contributed by atoms with Crippen LogP contribution in [-0.2, 0) is 0 Å². The van der Waals surface area contributed by atoms with Gasteiger partial charge in [0.15, 0.2) is 12.4 Å². The number of rotatable bonds is 5. The quantitative estimate of drug-likeness (QED) is 0.509. The monoisotopic (exact) mass is 336 g/mol. The molecule has 0 aliphatic rings. The highest BCUT2D eigenvalue weighted by Crippen LogP contribution is 2.27. The van der Waals surface area contributed by atoms with Crippen LogP contribution in [0.3, 0.4) is 0 Å². The molecular formula is C21H20O4. The van der Waals surface area contributed by atoms with Crippen molar-refractivity contribution in [2.45, 2.75) is 26.7 Å². The number of ether oxygens (including phenoxy) is 1. The van der Waals surface area contributed by atoms with E-state index in [4.69, 9.17) is 9.15 Å². The summed E-state index contributed by atoms with van der Waals surface area (Å²) in [5.74, 6) is 0.491.